The lowest BCUT2D eigenvalue weighted by Crippen LogP contribution is -2.55. The Labute approximate surface area is 263 Å². The molecule has 4 unspecified atom stereocenters. The minimum absolute atomic E-state index is 0.0228. The van der Waals surface area contributed by atoms with E-state index >= 15 is 0 Å². The molecule has 6 rings (SSSR count). The number of carbonyl (C=O) groups excluding carboxylic acids is 1. The summed E-state index contributed by atoms with van der Waals surface area (Å²) >= 11 is 0. The number of likely N-dealkylation sites (tertiary alicyclic amines) is 1. The summed E-state index contributed by atoms with van der Waals surface area (Å²) in [5, 5.41) is 14.9. The van der Waals surface area contributed by atoms with Crippen LogP contribution in [0.25, 0.3) is 0 Å². The molecule has 3 saturated heterocycles. The lowest BCUT2D eigenvalue weighted by atomic mass is 9.79. The van der Waals surface area contributed by atoms with Crippen molar-refractivity contribution in [3.05, 3.63) is 107 Å². The third-order valence-corrected chi connectivity index (χ3v) is 9.85. The van der Waals surface area contributed by atoms with E-state index in [0.29, 0.717) is 63.7 Å². The van der Waals surface area contributed by atoms with Gasteiger partial charge in [-0.1, -0.05) is 60.7 Å². The van der Waals surface area contributed by atoms with Gasteiger partial charge in [0.05, 0.1) is 40.9 Å². The van der Waals surface area contributed by atoms with Crippen LogP contribution in [-0.4, -0.2) is 46.7 Å². The Morgan fingerprint density at radius 1 is 0.848 bits per heavy atom. The quantitative estimate of drug-likeness (QED) is 0.275. The van der Waals surface area contributed by atoms with Crippen molar-refractivity contribution in [2.24, 2.45) is 5.92 Å². The van der Waals surface area contributed by atoms with E-state index in [9.17, 15) is 36.2 Å². The highest BCUT2D eigenvalue weighted by Gasteiger charge is 2.57. The summed E-state index contributed by atoms with van der Waals surface area (Å²) in [5.74, 6) is -0.426. The summed E-state index contributed by atoms with van der Waals surface area (Å²) < 4.78 is 87.1. The molecule has 3 heterocycles. The zero-order valence-electron chi connectivity index (χ0n) is 25.1. The highest BCUT2D eigenvalue weighted by molar-refractivity contribution is 5.80. The second kappa shape index (κ2) is 12.3. The van der Waals surface area contributed by atoms with Crippen LogP contribution in [0.5, 0.6) is 0 Å². The van der Waals surface area contributed by atoms with E-state index in [-0.39, 0.29) is 23.6 Å². The number of benzene rings is 3. The number of piperidine rings is 2. The lowest BCUT2D eigenvalue weighted by Gasteiger charge is -2.42. The van der Waals surface area contributed by atoms with Gasteiger partial charge in [-0.3, -0.25) is 4.79 Å². The van der Waals surface area contributed by atoms with Crippen molar-refractivity contribution in [1.82, 2.24) is 10.2 Å². The summed E-state index contributed by atoms with van der Waals surface area (Å²) in [6.45, 7) is 0.380. The Bertz CT molecular complexity index is 1490. The van der Waals surface area contributed by atoms with Gasteiger partial charge in [0.15, 0.2) is 0 Å². The fourth-order valence-electron chi connectivity index (χ4n) is 7.49. The Morgan fingerprint density at radius 2 is 1.43 bits per heavy atom. The summed E-state index contributed by atoms with van der Waals surface area (Å²) in [5.41, 5.74) is -2.88. The molecule has 1 amide bonds. The molecule has 3 aliphatic heterocycles. The van der Waals surface area contributed by atoms with Crippen molar-refractivity contribution in [3.8, 4) is 0 Å². The average Bonchev–Trinajstić information content (AvgIpc) is 3.34. The maximum atomic E-state index is 14.0. The molecule has 0 spiro atoms. The fraction of sp³-hybridized carbons (Fsp3) is 0.457. The number of hydrogen-bond acceptors (Lipinski definition) is 4. The predicted molar refractivity (Wildman–Crippen MR) is 158 cm³/mol. The van der Waals surface area contributed by atoms with Gasteiger partial charge in [-0.05, 0) is 67.0 Å². The van der Waals surface area contributed by atoms with Crippen LogP contribution < -0.4 is 5.32 Å². The number of carbonyl (C=O) groups is 1. The molecule has 0 saturated carbocycles. The van der Waals surface area contributed by atoms with Crippen LogP contribution in [0.4, 0.5) is 26.3 Å². The summed E-state index contributed by atoms with van der Waals surface area (Å²) in [7, 11) is 0. The van der Waals surface area contributed by atoms with Crippen LogP contribution in [-0.2, 0) is 40.5 Å². The first kappa shape index (κ1) is 32.5. The molecule has 3 aromatic carbocycles. The number of fused-ring (bicyclic) bond motifs is 2. The van der Waals surface area contributed by atoms with Crippen molar-refractivity contribution >= 4 is 5.91 Å². The average molecular weight is 647 g/mol. The first-order valence-corrected chi connectivity index (χ1v) is 15.5. The van der Waals surface area contributed by atoms with Gasteiger partial charge in [0.1, 0.15) is 0 Å². The first-order valence-electron chi connectivity index (χ1n) is 15.5. The van der Waals surface area contributed by atoms with Gasteiger partial charge in [0.25, 0.3) is 0 Å². The number of nitrogens with one attached hydrogen (secondary N) is 1. The van der Waals surface area contributed by atoms with Crippen LogP contribution in [0.2, 0.25) is 0 Å². The van der Waals surface area contributed by atoms with Crippen molar-refractivity contribution in [2.45, 2.75) is 80.8 Å². The molecular formula is C35H36F6N2O3. The van der Waals surface area contributed by atoms with Crippen LogP contribution in [0, 0.1) is 5.92 Å². The Hall–Kier alpha value is -3.41. The lowest BCUT2D eigenvalue weighted by molar-refractivity contribution is -0.143. The van der Waals surface area contributed by atoms with E-state index in [1.807, 2.05) is 65.6 Å². The standard InChI is InChI=1S/C35H36F6N2O3/c36-34(37,38)26-17-24(18-27(19-26)35(39,40)41)22-46-30-12-11-29-28(21-33(30,42-29)25-9-5-2-6-10-25)31(44)43-15-13-32(45,14-16-43)20-23-7-3-1-4-8-23/h1-10,17-19,28-30,42,45H,11-16,20-22H2. The highest BCUT2D eigenvalue weighted by atomic mass is 19.4. The van der Waals surface area contributed by atoms with Gasteiger partial charge in [-0.15, -0.1) is 0 Å². The first-order chi connectivity index (χ1) is 21.8. The smallest absolute Gasteiger partial charge is 0.389 e. The molecule has 0 aromatic heterocycles. The molecule has 0 radical (unpaired) electrons. The van der Waals surface area contributed by atoms with Gasteiger partial charge in [-0.2, -0.15) is 26.3 Å². The molecule has 11 heteroatoms. The summed E-state index contributed by atoms with van der Waals surface area (Å²) in [6.07, 6.45) is -7.71. The molecular weight excluding hydrogens is 610 g/mol. The number of ether oxygens (including phenoxy) is 1. The van der Waals surface area contributed by atoms with E-state index < -0.39 is 53.2 Å². The summed E-state index contributed by atoms with van der Waals surface area (Å²) in [6, 6.07) is 20.4. The molecule has 2 N–H and O–H groups in total. The van der Waals surface area contributed by atoms with E-state index in [1.165, 1.54) is 0 Å². The zero-order chi connectivity index (χ0) is 32.7. The maximum absolute atomic E-state index is 14.0. The van der Waals surface area contributed by atoms with Crippen LogP contribution in [0.1, 0.15) is 59.9 Å². The molecule has 5 nitrogen and oxygen atoms in total. The molecule has 2 bridgehead atoms. The Balaban J connectivity index is 1.19. The molecule has 3 fully saturated rings. The van der Waals surface area contributed by atoms with Crippen molar-refractivity contribution in [1.29, 1.82) is 0 Å². The van der Waals surface area contributed by atoms with E-state index in [1.54, 1.807) is 0 Å². The number of rotatable bonds is 7. The van der Waals surface area contributed by atoms with Crippen LogP contribution >= 0.6 is 0 Å². The fourth-order valence-corrected chi connectivity index (χ4v) is 7.49. The largest absolute Gasteiger partial charge is 0.416 e. The molecule has 3 aliphatic rings. The number of nitrogens with zero attached hydrogens (tertiary/aromatic N) is 1. The molecule has 4 atom stereocenters. The van der Waals surface area contributed by atoms with Crippen molar-refractivity contribution in [3.63, 3.8) is 0 Å². The van der Waals surface area contributed by atoms with Crippen molar-refractivity contribution < 1.29 is 41.0 Å². The Morgan fingerprint density at radius 3 is 2.02 bits per heavy atom. The number of halogens is 6. The second-order valence-electron chi connectivity index (χ2n) is 12.9. The van der Waals surface area contributed by atoms with E-state index in [0.717, 1.165) is 11.1 Å². The minimum atomic E-state index is -4.95. The normalized spacial score (nSPS) is 26.2. The van der Waals surface area contributed by atoms with Gasteiger partial charge < -0.3 is 20.1 Å². The molecule has 246 valence electrons. The van der Waals surface area contributed by atoms with E-state index in [4.69, 9.17) is 4.74 Å². The number of hydrogen-bond donors (Lipinski definition) is 2. The van der Waals surface area contributed by atoms with Crippen molar-refractivity contribution in [2.75, 3.05) is 13.1 Å². The highest BCUT2D eigenvalue weighted by Crippen LogP contribution is 2.48. The molecule has 46 heavy (non-hydrogen) atoms. The SMILES string of the molecule is O=C(C1CC2(c3ccccc3)NC1CCC2OCc1cc(C(F)(F)F)cc(C(F)(F)F)c1)N1CCC(O)(Cc2ccccc2)CC1. The topological polar surface area (TPSA) is 61.8 Å². The van der Waals surface area contributed by atoms with Gasteiger partial charge in [0.2, 0.25) is 5.91 Å². The van der Waals surface area contributed by atoms with Crippen LogP contribution in [0.3, 0.4) is 0 Å². The van der Waals surface area contributed by atoms with Gasteiger partial charge in [0, 0.05) is 25.6 Å². The van der Waals surface area contributed by atoms with Crippen LogP contribution in [0.15, 0.2) is 78.9 Å². The third kappa shape index (κ3) is 6.68. The van der Waals surface area contributed by atoms with E-state index in [2.05, 4.69) is 5.32 Å². The number of amides is 1. The number of alkyl halides is 6. The predicted octanol–water partition coefficient (Wildman–Crippen LogP) is 6.87. The summed E-state index contributed by atoms with van der Waals surface area (Å²) in [4.78, 5) is 15.8. The molecule has 3 aromatic rings. The third-order valence-electron chi connectivity index (χ3n) is 9.85. The Kier molecular flexibility index (Phi) is 8.71. The van der Waals surface area contributed by atoms with Gasteiger partial charge >= 0.3 is 12.4 Å². The maximum Gasteiger partial charge on any atom is 0.416 e. The minimum Gasteiger partial charge on any atom is -0.389 e. The van der Waals surface area contributed by atoms with Gasteiger partial charge in [-0.25, -0.2) is 0 Å². The monoisotopic (exact) mass is 646 g/mol. The molecule has 0 aliphatic carbocycles. The number of aliphatic hydroxyl groups is 1. The second-order valence-corrected chi connectivity index (χ2v) is 12.9. The zero-order valence-corrected chi connectivity index (χ0v) is 25.1.